The van der Waals surface area contributed by atoms with Gasteiger partial charge in [0, 0.05) is 19.0 Å². The van der Waals surface area contributed by atoms with Crippen molar-refractivity contribution in [2.45, 2.75) is 56.9 Å². The number of carboxylic acids is 1. The number of ether oxygens (including phenoxy) is 1. The fraction of sp³-hybridized carbons (Fsp3) is 0.375. The Bertz CT molecular complexity index is 1430. The summed E-state index contributed by atoms with van der Waals surface area (Å²) in [6.07, 6.45) is 0.340. The van der Waals surface area contributed by atoms with Gasteiger partial charge in [0.1, 0.15) is 6.61 Å². The summed E-state index contributed by atoms with van der Waals surface area (Å²) in [5.41, 5.74) is 5.45. The maximum atomic E-state index is 13.4. The van der Waals surface area contributed by atoms with Crippen molar-refractivity contribution < 1.29 is 79.2 Å². The number of unbranched alkanes of at least 4 members (excludes halogenated alkanes) is 1. The molecule has 1 aliphatic carbocycles. The molecule has 0 unspecified atom stereocenters. The van der Waals surface area contributed by atoms with Crippen LogP contribution in [-0.4, -0.2) is 50.5 Å². The Hall–Kier alpha value is -2.05. The van der Waals surface area contributed by atoms with Gasteiger partial charge in [0.2, 0.25) is 10.0 Å². The van der Waals surface area contributed by atoms with E-state index in [2.05, 4.69) is 29.6 Å². The van der Waals surface area contributed by atoms with Gasteiger partial charge in [-0.3, -0.25) is 0 Å². The van der Waals surface area contributed by atoms with Gasteiger partial charge in [-0.15, -0.1) is 0 Å². The van der Waals surface area contributed by atoms with E-state index in [-0.39, 0.29) is 94.2 Å². The summed E-state index contributed by atoms with van der Waals surface area (Å²) in [6, 6.07) is 21.2. The maximum absolute atomic E-state index is 13.4. The Morgan fingerprint density at radius 1 is 0.929 bits per heavy atom. The van der Waals surface area contributed by atoms with Crippen LogP contribution in [0, 0.1) is 12.8 Å². The molecule has 218 valence electrons. The van der Waals surface area contributed by atoms with Gasteiger partial charge >= 0.3 is 57.5 Å². The molecule has 10 heteroatoms. The summed E-state index contributed by atoms with van der Waals surface area (Å²) in [5, 5.41) is 14.8. The fourth-order valence-corrected chi connectivity index (χ4v) is 7.05. The molecule has 3 aromatic rings. The Kier molecular flexibility index (Phi) is 12.8. The molecule has 0 aliphatic heterocycles. The van der Waals surface area contributed by atoms with Crippen LogP contribution in [-0.2, 0) is 19.6 Å². The predicted molar refractivity (Wildman–Crippen MR) is 156 cm³/mol. The smallest absolute Gasteiger partial charge is 0.548 e. The molecule has 8 nitrogen and oxygen atoms in total. The van der Waals surface area contributed by atoms with E-state index in [1.165, 1.54) is 12.1 Å². The average molecular weight is 617 g/mol. The normalized spacial score (nSPS) is 13.3. The predicted octanol–water partition coefficient (Wildman–Crippen LogP) is 1.47. The Morgan fingerprint density at radius 2 is 1.50 bits per heavy atom. The number of amides is 1. The number of carbonyl (C=O) groups is 2. The minimum Gasteiger partial charge on any atom is -0.548 e. The summed E-state index contributed by atoms with van der Waals surface area (Å²) in [7, 11) is -4.05. The number of hydrogen-bond acceptors (Lipinski definition) is 6. The second kappa shape index (κ2) is 15.6. The van der Waals surface area contributed by atoms with Crippen LogP contribution in [0.4, 0.5) is 4.79 Å². The van der Waals surface area contributed by atoms with Gasteiger partial charge in [-0.1, -0.05) is 80.1 Å². The van der Waals surface area contributed by atoms with Crippen molar-refractivity contribution in [3.8, 4) is 11.1 Å². The monoisotopic (exact) mass is 616 g/mol. The van der Waals surface area contributed by atoms with Crippen LogP contribution in [0.25, 0.3) is 11.1 Å². The van der Waals surface area contributed by atoms with Crippen LogP contribution in [0.2, 0.25) is 0 Å². The average Bonchev–Trinajstić information content (AvgIpc) is 3.26. The number of nitrogens with one attached hydrogen (secondary N) is 1. The van der Waals surface area contributed by atoms with Crippen molar-refractivity contribution in [1.82, 2.24) is 9.62 Å². The third-order valence-electron chi connectivity index (χ3n) is 7.31. The van der Waals surface area contributed by atoms with Gasteiger partial charge in [-0.2, -0.15) is 4.31 Å². The van der Waals surface area contributed by atoms with Gasteiger partial charge in [0.15, 0.2) is 0 Å². The van der Waals surface area contributed by atoms with Crippen LogP contribution < -0.4 is 61.8 Å². The summed E-state index contributed by atoms with van der Waals surface area (Å²) in [5.74, 6) is -1.57. The molecule has 0 radical (unpaired) electrons. The molecule has 0 spiro atoms. The number of nitrogens with zero attached hydrogens (tertiary/aromatic N) is 1. The first-order valence-corrected chi connectivity index (χ1v) is 15.4. The number of fused-ring (bicyclic) bond motifs is 3. The van der Waals surface area contributed by atoms with E-state index in [9.17, 15) is 23.1 Å². The third kappa shape index (κ3) is 8.31. The van der Waals surface area contributed by atoms with E-state index >= 15 is 0 Å². The molecular weight excluding hydrogens is 580 g/mol. The first-order chi connectivity index (χ1) is 19.6. The third-order valence-corrected chi connectivity index (χ3v) is 9.20. The molecule has 3 aromatic carbocycles. The van der Waals surface area contributed by atoms with Gasteiger partial charge in [-0.05, 0) is 66.5 Å². The number of rotatable bonds is 13. The zero-order valence-electron chi connectivity index (χ0n) is 24.7. The molecule has 42 heavy (non-hydrogen) atoms. The number of carbonyl (C=O) groups excluding carboxylic acids is 2. The van der Waals surface area contributed by atoms with E-state index in [1.54, 1.807) is 12.1 Å². The quantitative estimate of drug-likeness (QED) is 0.230. The number of alkyl carbamates (subject to hydrolysis) is 1. The van der Waals surface area contributed by atoms with Gasteiger partial charge < -0.3 is 20.0 Å². The van der Waals surface area contributed by atoms with E-state index in [4.69, 9.17) is 4.74 Å². The SMILES string of the molecule is Cc1ccc(S(=O)(=O)N(CC(C)C)[C@@H](CCCCNC(=O)OCC2c3ccccc3-c3ccccc32)C(=O)[O-])cc1.[K+]. The van der Waals surface area contributed by atoms with Crippen molar-refractivity contribution in [3.05, 3.63) is 89.5 Å². The van der Waals surface area contributed by atoms with Crippen molar-refractivity contribution >= 4 is 22.1 Å². The standard InChI is InChI=1S/C32H38N2O6S.K/c1-22(2)20-34(41(38,39)24-17-15-23(3)16-18-24)30(31(35)36)14-8-9-19-33-32(37)40-21-29-27-12-6-4-10-25(27)26-11-5-7-13-28(26)29;/h4-7,10-13,15-18,22,29-30H,8-9,14,19-21H2,1-3H3,(H,33,37)(H,35,36);/q;+1/p-1/t30-;/m0./s1. The summed E-state index contributed by atoms with van der Waals surface area (Å²) in [4.78, 5) is 24.6. The summed E-state index contributed by atoms with van der Waals surface area (Å²) < 4.78 is 33.4. The second-order valence-electron chi connectivity index (χ2n) is 10.9. The number of hydrogen-bond donors (Lipinski definition) is 1. The van der Waals surface area contributed by atoms with Crippen molar-refractivity contribution in [3.63, 3.8) is 0 Å². The molecular formula is C32H37KN2O6S. The van der Waals surface area contributed by atoms with Crippen molar-refractivity contribution in [2.24, 2.45) is 5.92 Å². The molecule has 0 saturated heterocycles. The van der Waals surface area contributed by atoms with Crippen LogP contribution in [0.3, 0.4) is 0 Å². The van der Waals surface area contributed by atoms with E-state index < -0.39 is 28.1 Å². The molecule has 0 aromatic heterocycles. The van der Waals surface area contributed by atoms with Crippen molar-refractivity contribution in [1.29, 1.82) is 0 Å². The molecule has 1 atom stereocenters. The zero-order chi connectivity index (χ0) is 29.6. The minimum atomic E-state index is -4.05. The fourth-order valence-electron chi connectivity index (χ4n) is 5.28. The molecule has 4 rings (SSSR count). The van der Waals surface area contributed by atoms with Gasteiger partial charge in [0.05, 0.1) is 16.9 Å². The number of aryl methyl sites for hydroxylation is 1. The molecule has 0 fully saturated rings. The number of benzene rings is 3. The summed E-state index contributed by atoms with van der Waals surface area (Å²) in [6.45, 7) is 6.04. The van der Waals surface area contributed by atoms with Gasteiger partial charge in [-0.25, -0.2) is 13.2 Å². The van der Waals surface area contributed by atoms with Crippen LogP contribution >= 0.6 is 0 Å². The minimum absolute atomic E-state index is 0. The number of carboxylic acid groups (broad SMARTS) is 1. The summed E-state index contributed by atoms with van der Waals surface area (Å²) >= 11 is 0. The Balaban J connectivity index is 0.00000484. The molecule has 0 saturated carbocycles. The van der Waals surface area contributed by atoms with Crippen molar-refractivity contribution in [2.75, 3.05) is 19.7 Å². The van der Waals surface area contributed by atoms with Gasteiger partial charge in [0.25, 0.3) is 0 Å². The number of aliphatic carboxylic acids is 1. The zero-order valence-corrected chi connectivity index (χ0v) is 28.6. The van der Waals surface area contributed by atoms with E-state index in [0.29, 0.717) is 12.8 Å². The van der Waals surface area contributed by atoms with Crippen LogP contribution in [0.15, 0.2) is 77.7 Å². The van der Waals surface area contributed by atoms with E-state index in [0.717, 1.165) is 32.1 Å². The number of sulfonamides is 1. The second-order valence-corrected chi connectivity index (χ2v) is 12.8. The van der Waals surface area contributed by atoms with Crippen LogP contribution in [0.1, 0.15) is 55.7 Å². The Labute approximate surface area is 291 Å². The largest absolute Gasteiger partial charge is 1.00 e. The van der Waals surface area contributed by atoms with E-state index in [1.807, 2.05) is 45.0 Å². The molecule has 0 heterocycles. The maximum Gasteiger partial charge on any atom is 1.00 e. The topological polar surface area (TPSA) is 116 Å². The molecule has 0 bridgehead atoms. The molecule has 1 N–H and O–H groups in total. The first-order valence-electron chi connectivity index (χ1n) is 14.0. The molecule has 1 amide bonds. The van der Waals surface area contributed by atoms with Crippen LogP contribution in [0.5, 0.6) is 0 Å². The Morgan fingerprint density at radius 3 is 2.05 bits per heavy atom. The first kappa shape index (κ1) is 34.4. The molecule has 1 aliphatic rings.